The highest BCUT2D eigenvalue weighted by Gasteiger charge is 2.33. The van der Waals surface area contributed by atoms with Crippen molar-refractivity contribution in [3.05, 3.63) is 248 Å². The molecular weight excluding hydrogens is 779 g/mol. The number of fused-ring (bicyclic) bond motifs is 6. The quantitative estimate of drug-likeness (QED) is 0.148. The van der Waals surface area contributed by atoms with Gasteiger partial charge in [0.05, 0.1) is 17.1 Å². The average Bonchev–Trinajstić information content (AvgIpc) is 3.94. The molecular formula is C61H41NS. The Balaban J connectivity index is 1.25. The van der Waals surface area contributed by atoms with Gasteiger partial charge in [-0.1, -0.05) is 206 Å². The summed E-state index contributed by atoms with van der Waals surface area (Å²) in [6, 6.07) is 87.1. The number of hydrogen-bond acceptors (Lipinski definition) is 2. The molecule has 1 aliphatic carbocycles. The molecule has 296 valence electrons. The summed E-state index contributed by atoms with van der Waals surface area (Å²) >= 11 is 1.87. The zero-order chi connectivity index (χ0) is 41.7. The zero-order valence-electron chi connectivity index (χ0n) is 34.6. The molecule has 0 radical (unpaired) electrons. The molecule has 0 spiro atoms. The molecule has 1 nitrogen and oxygen atoms in total. The fourth-order valence-electron chi connectivity index (χ4n) is 10.00. The second-order valence-corrected chi connectivity index (χ2v) is 17.4. The number of thiophene rings is 1. The van der Waals surface area contributed by atoms with Crippen LogP contribution in [0.5, 0.6) is 0 Å². The van der Waals surface area contributed by atoms with Crippen LogP contribution in [-0.2, 0) is 6.42 Å². The van der Waals surface area contributed by atoms with Crippen molar-refractivity contribution in [1.82, 2.24) is 0 Å². The van der Waals surface area contributed by atoms with Gasteiger partial charge in [0, 0.05) is 43.3 Å². The number of anilines is 3. The molecule has 10 aromatic carbocycles. The highest BCUT2D eigenvalue weighted by molar-refractivity contribution is 7.25. The molecule has 12 rings (SSSR count). The van der Waals surface area contributed by atoms with Crippen LogP contribution in [0.4, 0.5) is 17.1 Å². The van der Waals surface area contributed by atoms with Crippen molar-refractivity contribution in [2.45, 2.75) is 6.42 Å². The predicted molar refractivity (Wildman–Crippen MR) is 269 cm³/mol. The summed E-state index contributed by atoms with van der Waals surface area (Å²) in [7, 11) is 0. The highest BCUT2D eigenvalue weighted by atomic mass is 32.1. The fourth-order valence-corrected chi connectivity index (χ4v) is 11.1. The van der Waals surface area contributed by atoms with Gasteiger partial charge in [-0.15, -0.1) is 11.3 Å². The fraction of sp³-hybridized carbons (Fsp3) is 0.0164. The first-order valence-electron chi connectivity index (χ1n) is 21.7. The molecule has 0 amide bonds. The summed E-state index contributed by atoms with van der Waals surface area (Å²) in [6.07, 6.45) is 0.821. The largest absolute Gasteiger partial charge is 0.308 e. The van der Waals surface area contributed by atoms with Crippen LogP contribution in [0.15, 0.2) is 237 Å². The maximum Gasteiger partial charge on any atom is 0.0588 e. The molecule has 1 aromatic heterocycles. The molecule has 0 saturated carbocycles. The van der Waals surface area contributed by atoms with E-state index in [1.807, 2.05) is 11.3 Å². The average molecular weight is 820 g/mol. The predicted octanol–water partition coefficient (Wildman–Crippen LogP) is 17.4. The van der Waals surface area contributed by atoms with Crippen molar-refractivity contribution in [2.24, 2.45) is 0 Å². The second-order valence-electron chi connectivity index (χ2n) is 16.3. The molecule has 0 N–H and O–H groups in total. The van der Waals surface area contributed by atoms with Gasteiger partial charge in [-0.25, -0.2) is 0 Å². The van der Waals surface area contributed by atoms with Crippen LogP contribution >= 0.6 is 11.3 Å². The topological polar surface area (TPSA) is 3.24 Å². The monoisotopic (exact) mass is 819 g/mol. The lowest BCUT2D eigenvalue weighted by Gasteiger charge is -2.35. The van der Waals surface area contributed by atoms with Gasteiger partial charge in [-0.2, -0.15) is 0 Å². The summed E-state index contributed by atoms with van der Waals surface area (Å²) in [5.41, 5.74) is 20.7. The van der Waals surface area contributed by atoms with E-state index < -0.39 is 0 Å². The van der Waals surface area contributed by atoms with Crippen molar-refractivity contribution in [2.75, 3.05) is 4.90 Å². The highest BCUT2D eigenvalue weighted by Crippen LogP contribution is 2.57. The van der Waals surface area contributed by atoms with Crippen LogP contribution in [0.1, 0.15) is 11.1 Å². The van der Waals surface area contributed by atoms with Gasteiger partial charge in [0.1, 0.15) is 0 Å². The Bertz CT molecular complexity index is 3480. The first kappa shape index (κ1) is 37.0. The maximum absolute atomic E-state index is 2.64. The molecule has 63 heavy (non-hydrogen) atoms. The van der Waals surface area contributed by atoms with Gasteiger partial charge in [0.15, 0.2) is 0 Å². The van der Waals surface area contributed by atoms with Crippen molar-refractivity contribution in [1.29, 1.82) is 0 Å². The van der Waals surface area contributed by atoms with Crippen LogP contribution in [-0.4, -0.2) is 0 Å². The summed E-state index contributed by atoms with van der Waals surface area (Å²) in [5.74, 6) is 0. The van der Waals surface area contributed by atoms with Crippen LogP contribution in [0.2, 0.25) is 0 Å². The van der Waals surface area contributed by atoms with Crippen LogP contribution in [0.25, 0.3) is 86.9 Å². The van der Waals surface area contributed by atoms with Gasteiger partial charge in [0.25, 0.3) is 0 Å². The summed E-state index contributed by atoms with van der Waals surface area (Å²) in [5, 5.41) is 2.59. The van der Waals surface area contributed by atoms with E-state index in [2.05, 4.69) is 241 Å². The molecule has 0 atom stereocenters. The van der Waals surface area contributed by atoms with Gasteiger partial charge in [-0.05, 0) is 91.5 Å². The Labute approximate surface area is 372 Å². The Hall–Kier alpha value is -7.78. The lowest BCUT2D eigenvalue weighted by Crippen LogP contribution is -2.16. The van der Waals surface area contributed by atoms with Crippen molar-refractivity contribution in [3.63, 3.8) is 0 Å². The Morgan fingerprint density at radius 3 is 1.52 bits per heavy atom. The van der Waals surface area contributed by atoms with E-state index >= 15 is 0 Å². The number of hydrogen-bond donors (Lipinski definition) is 0. The SMILES string of the molecule is c1ccc(-c2ccccc2-c2ccccc2N(c2ccccc2-c2cccc3sc4ccccc4c23)c2c3c(cc(-c4ccccc4)c2-c2ccccc2)-c2ccccc2C3)cc1. The number of rotatable bonds is 8. The molecule has 0 bridgehead atoms. The zero-order valence-corrected chi connectivity index (χ0v) is 35.4. The van der Waals surface area contributed by atoms with E-state index in [4.69, 9.17) is 0 Å². The van der Waals surface area contributed by atoms with E-state index in [0.717, 1.165) is 17.8 Å². The van der Waals surface area contributed by atoms with E-state index in [1.165, 1.54) is 104 Å². The normalized spacial score (nSPS) is 11.7. The standard InChI is InChI=1S/C61H41NS/c1-4-21-41(22-5-1)45-28-12-13-30-47(45)48-31-14-17-35-55(48)62(56-36-18-15-32-49(56)50-34-20-38-58-60(50)51-33-16-19-37-57(51)63-58)61-54-39-44-27-10-11-29-46(44)53(54)40-52(42-23-6-2-7-24-42)59(61)43-25-8-3-9-26-43/h1-38,40H,39H2. The maximum atomic E-state index is 2.64. The van der Waals surface area contributed by atoms with Gasteiger partial charge < -0.3 is 4.90 Å². The number of para-hydroxylation sites is 2. The van der Waals surface area contributed by atoms with E-state index in [-0.39, 0.29) is 0 Å². The Morgan fingerprint density at radius 1 is 0.333 bits per heavy atom. The molecule has 0 saturated heterocycles. The smallest absolute Gasteiger partial charge is 0.0588 e. The minimum Gasteiger partial charge on any atom is -0.308 e. The third kappa shape index (κ3) is 6.30. The first-order valence-corrected chi connectivity index (χ1v) is 22.5. The molecule has 1 aliphatic rings. The van der Waals surface area contributed by atoms with Gasteiger partial charge >= 0.3 is 0 Å². The summed E-state index contributed by atoms with van der Waals surface area (Å²) in [4.78, 5) is 2.64. The number of nitrogens with zero attached hydrogens (tertiary/aromatic N) is 1. The summed E-state index contributed by atoms with van der Waals surface area (Å²) < 4.78 is 2.59. The van der Waals surface area contributed by atoms with Crippen LogP contribution < -0.4 is 4.90 Å². The Morgan fingerprint density at radius 2 is 0.825 bits per heavy atom. The van der Waals surface area contributed by atoms with Crippen molar-refractivity contribution >= 4 is 48.6 Å². The molecule has 0 unspecified atom stereocenters. The number of benzene rings is 10. The third-order valence-electron chi connectivity index (χ3n) is 12.7. The molecule has 11 aromatic rings. The lowest BCUT2D eigenvalue weighted by atomic mass is 9.86. The molecule has 0 aliphatic heterocycles. The summed E-state index contributed by atoms with van der Waals surface area (Å²) in [6.45, 7) is 0. The van der Waals surface area contributed by atoms with Crippen LogP contribution in [0.3, 0.4) is 0 Å². The minimum atomic E-state index is 0.821. The first-order chi connectivity index (χ1) is 31.3. The second kappa shape index (κ2) is 15.6. The van der Waals surface area contributed by atoms with Crippen LogP contribution in [0, 0.1) is 0 Å². The van der Waals surface area contributed by atoms with Crippen molar-refractivity contribution in [3.8, 4) is 66.8 Å². The van der Waals surface area contributed by atoms with Gasteiger partial charge in [-0.3, -0.25) is 0 Å². The Kier molecular flexibility index (Phi) is 9.17. The molecule has 0 fully saturated rings. The van der Waals surface area contributed by atoms with Gasteiger partial charge in [0.2, 0.25) is 0 Å². The third-order valence-corrected chi connectivity index (χ3v) is 13.9. The van der Waals surface area contributed by atoms with E-state index in [1.54, 1.807) is 0 Å². The van der Waals surface area contributed by atoms with E-state index in [9.17, 15) is 0 Å². The van der Waals surface area contributed by atoms with Crippen molar-refractivity contribution < 1.29 is 0 Å². The van der Waals surface area contributed by atoms with E-state index in [0.29, 0.717) is 0 Å². The molecule has 2 heteroatoms. The minimum absolute atomic E-state index is 0.821. The molecule has 1 heterocycles. The lowest BCUT2D eigenvalue weighted by molar-refractivity contribution is 1.20.